The average Bonchev–Trinajstić information content (AvgIpc) is 2.93. The second-order valence-electron chi connectivity index (χ2n) is 7.51. The van der Waals surface area contributed by atoms with E-state index in [1.54, 1.807) is 51.2 Å². The van der Waals surface area contributed by atoms with Gasteiger partial charge in [0, 0.05) is 12.7 Å². The minimum atomic E-state index is -0.743. The van der Waals surface area contributed by atoms with Crippen LogP contribution in [0.1, 0.15) is 27.2 Å². The monoisotopic (exact) mass is 405 g/mol. The van der Waals surface area contributed by atoms with Crippen LogP contribution in [0.15, 0.2) is 36.5 Å². The van der Waals surface area contributed by atoms with Gasteiger partial charge in [0.25, 0.3) is 0 Å². The molecular weight excluding hydrogens is 385 g/mol. The lowest BCUT2D eigenvalue weighted by Gasteiger charge is -2.22. The van der Waals surface area contributed by atoms with Crippen molar-refractivity contribution < 1.29 is 18.7 Å². The molecule has 6 nitrogen and oxygen atoms in total. The molecule has 1 aromatic heterocycles. The van der Waals surface area contributed by atoms with Crippen molar-refractivity contribution in [2.24, 2.45) is 0 Å². The first-order chi connectivity index (χ1) is 13.1. The van der Waals surface area contributed by atoms with E-state index in [-0.39, 0.29) is 11.6 Å². The molecular formula is C20H21ClFN3O3. The summed E-state index contributed by atoms with van der Waals surface area (Å²) in [5.41, 5.74) is 0.856. The molecule has 0 aliphatic carbocycles. The van der Waals surface area contributed by atoms with Crippen molar-refractivity contribution in [3.05, 3.63) is 47.5 Å². The van der Waals surface area contributed by atoms with Gasteiger partial charge in [0.05, 0.1) is 5.69 Å². The number of hydrogen-bond acceptors (Lipinski definition) is 4. The van der Waals surface area contributed by atoms with Crippen LogP contribution < -0.4 is 10.2 Å². The predicted molar refractivity (Wildman–Crippen MR) is 105 cm³/mol. The maximum absolute atomic E-state index is 14.7. The Labute approximate surface area is 167 Å². The Balaban J connectivity index is 1.74. The third-order valence-electron chi connectivity index (χ3n) is 4.19. The number of benzene rings is 1. The van der Waals surface area contributed by atoms with Crippen molar-refractivity contribution in [1.82, 2.24) is 10.3 Å². The van der Waals surface area contributed by atoms with Crippen LogP contribution in [0.2, 0.25) is 5.15 Å². The van der Waals surface area contributed by atoms with Crippen molar-refractivity contribution in [3.63, 3.8) is 0 Å². The second-order valence-corrected chi connectivity index (χ2v) is 7.90. The summed E-state index contributed by atoms with van der Waals surface area (Å²) in [4.78, 5) is 29.8. The minimum Gasteiger partial charge on any atom is -0.444 e. The number of alkyl carbamates (subject to hydrolysis) is 1. The van der Waals surface area contributed by atoms with E-state index >= 15 is 0 Å². The fraction of sp³-hybridized carbons (Fsp3) is 0.350. The number of ether oxygens (including phenoxy) is 1. The fourth-order valence-corrected chi connectivity index (χ4v) is 3.16. The second kappa shape index (κ2) is 7.75. The van der Waals surface area contributed by atoms with E-state index in [0.717, 1.165) is 5.56 Å². The minimum absolute atomic E-state index is 0.169. The summed E-state index contributed by atoms with van der Waals surface area (Å²) in [5, 5.41) is 2.86. The highest BCUT2D eigenvalue weighted by Gasteiger charge is 2.35. The quantitative estimate of drug-likeness (QED) is 0.778. The summed E-state index contributed by atoms with van der Waals surface area (Å²) < 4.78 is 19.9. The zero-order valence-corrected chi connectivity index (χ0v) is 16.6. The Morgan fingerprint density at radius 1 is 1.29 bits per heavy atom. The molecule has 0 radical (unpaired) electrons. The molecule has 1 saturated heterocycles. The Morgan fingerprint density at radius 3 is 2.64 bits per heavy atom. The number of halogens is 2. The highest BCUT2D eigenvalue weighted by atomic mass is 35.5. The number of aromatic nitrogens is 1. The molecule has 2 heterocycles. The molecule has 1 N–H and O–H groups in total. The summed E-state index contributed by atoms with van der Waals surface area (Å²) in [6.45, 7) is 5.52. The maximum Gasteiger partial charge on any atom is 0.408 e. The standard InChI is InChI=1S/C20H21ClFN3O3/c1-20(2,3)28-19(27)24-15-7-9-25(18(15)26)16-5-4-12(10-14(16)22)13-6-8-23-17(21)11-13/h4-6,8,10-11,15H,7,9H2,1-3H3,(H,24,27)/t15-/m0/s1. The normalized spacial score (nSPS) is 17.0. The number of pyridine rings is 1. The molecule has 148 valence electrons. The average molecular weight is 406 g/mol. The van der Waals surface area contributed by atoms with E-state index in [0.29, 0.717) is 23.7 Å². The first-order valence-corrected chi connectivity index (χ1v) is 9.24. The van der Waals surface area contributed by atoms with E-state index in [1.165, 1.54) is 11.0 Å². The number of carbonyl (C=O) groups excluding carboxylic acids is 2. The van der Waals surface area contributed by atoms with Gasteiger partial charge in [-0.25, -0.2) is 14.2 Å². The number of amides is 2. The predicted octanol–water partition coefficient (Wildman–Crippen LogP) is 4.17. The van der Waals surface area contributed by atoms with Crippen LogP contribution >= 0.6 is 11.6 Å². The highest BCUT2D eigenvalue weighted by Crippen LogP contribution is 2.30. The first-order valence-electron chi connectivity index (χ1n) is 8.86. The molecule has 1 aromatic carbocycles. The van der Waals surface area contributed by atoms with E-state index < -0.39 is 23.6 Å². The number of anilines is 1. The van der Waals surface area contributed by atoms with Gasteiger partial charge in [-0.05, 0) is 62.6 Å². The van der Waals surface area contributed by atoms with Gasteiger partial charge in [0.15, 0.2) is 0 Å². The van der Waals surface area contributed by atoms with Crippen LogP contribution in [0, 0.1) is 5.82 Å². The van der Waals surface area contributed by atoms with Gasteiger partial charge in [0.2, 0.25) is 5.91 Å². The smallest absolute Gasteiger partial charge is 0.408 e. The van der Waals surface area contributed by atoms with Gasteiger partial charge in [-0.2, -0.15) is 0 Å². The number of nitrogens with zero attached hydrogens (tertiary/aromatic N) is 2. The molecule has 0 spiro atoms. The Bertz CT molecular complexity index is 914. The Hall–Kier alpha value is -2.67. The van der Waals surface area contributed by atoms with Crippen LogP contribution in [0.25, 0.3) is 11.1 Å². The third-order valence-corrected chi connectivity index (χ3v) is 4.40. The van der Waals surface area contributed by atoms with Crippen molar-refractivity contribution in [3.8, 4) is 11.1 Å². The van der Waals surface area contributed by atoms with Crippen molar-refractivity contribution in [1.29, 1.82) is 0 Å². The molecule has 2 amide bonds. The molecule has 2 aromatic rings. The van der Waals surface area contributed by atoms with E-state index in [4.69, 9.17) is 16.3 Å². The third kappa shape index (κ3) is 4.59. The van der Waals surface area contributed by atoms with Gasteiger partial charge in [0.1, 0.15) is 22.6 Å². The lowest BCUT2D eigenvalue weighted by Crippen LogP contribution is -2.43. The Kier molecular flexibility index (Phi) is 5.56. The van der Waals surface area contributed by atoms with E-state index in [9.17, 15) is 14.0 Å². The Morgan fingerprint density at radius 2 is 2.00 bits per heavy atom. The maximum atomic E-state index is 14.7. The summed E-state index contributed by atoms with van der Waals surface area (Å²) in [7, 11) is 0. The van der Waals surface area contributed by atoms with Gasteiger partial charge >= 0.3 is 6.09 Å². The highest BCUT2D eigenvalue weighted by molar-refractivity contribution is 6.29. The summed E-state index contributed by atoms with van der Waals surface area (Å²) >= 11 is 5.88. The van der Waals surface area contributed by atoms with Gasteiger partial charge in [-0.1, -0.05) is 17.7 Å². The van der Waals surface area contributed by atoms with Crippen LogP contribution in [0.3, 0.4) is 0 Å². The molecule has 1 aliphatic heterocycles. The summed E-state index contributed by atoms with van der Waals surface area (Å²) in [5.74, 6) is -0.902. The summed E-state index contributed by atoms with van der Waals surface area (Å²) in [6.07, 6.45) is 1.25. The lowest BCUT2D eigenvalue weighted by molar-refractivity contribution is -0.118. The largest absolute Gasteiger partial charge is 0.444 e. The molecule has 0 saturated carbocycles. The van der Waals surface area contributed by atoms with Crippen LogP contribution in [0.4, 0.5) is 14.9 Å². The number of rotatable bonds is 3. The molecule has 1 atom stereocenters. The number of nitrogens with one attached hydrogen (secondary N) is 1. The zero-order valence-electron chi connectivity index (χ0n) is 15.8. The zero-order chi connectivity index (χ0) is 20.5. The fourth-order valence-electron chi connectivity index (χ4n) is 2.99. The SMILES string of the molecule is CC(C)(C)OC(=O)N[C@H]1CCN(c2ccc(-c3ccnc(Cl)c3)cc2F)C1=O. The molecule has 3 rings (SSSR count). The summed E-state index contributed by atoms with van der Waals surface area (Å²) in [6, 6.07) is 7.23. The van der Waals surface area contributed by atoms with Crippen LogP contribution in [-0.2, 0) is 9.53 Å². The van der Waals surface area contributed by atoms with E-state index in [2.05, 4.69) is 10.3 Å². The van der Waals surface area contributed by atoms with Gasteiger partial charge < -0.3 is 15.0 Å². The van der Waals surface area contributed by atoms with Crippen molar-refractivity contribution >= 4 is 29.3 Å². The number of carbonyl (C=O) groups is 2. The molecule has 0 unspecified atom stereocenters. The van der Waals surface area contributed by atoms with Crippen LogP contribution in [-0.4, -0.2) is 35.2 Å². The van der Waals surface area contributed by atoms with Gasteiger partial charge in [-0.15, -0.1) is 0 Å². The lowest BCUT2D eigenvalue weighted by atomic mass is 10.1. The topological polar surface area (TPSA) is 71.5 Å². The molecule has 0 bridgehead atoms. The van der Waals surface area contributed by atoms with Crippen molar-refractivity contribution in [2.75, 3.05) is 11.4 Å². The van der Waals surface area contributed by atoms with Crippen molar-refractivity contribution in [2.45, 2.75) is 38.8 Å². The molecule has 28 heavy (non-hydrogen) atoms. The molecule has 8 heteroatoms. The number of hydrogen-bond donors (Lipinski definition) is 1. The molecule has 1 aliphatic rings. The first kappa shape index (κ1) is 20.1. The molecule has 1 fully saturated rings. The van der Waals surface area contributed by atoms with Gasteiger partial charge in [-0.3, -0.25) is 4.79 Å². The van der Waals surface area contributed by atoms with E-state index in [1.807, 2.05) is 0 Å². The van der Waals surface area contributed by atoms with Crippen LogP contribution in [0.5, 0.6) is 0 Å².